The molecule has 2 N–H and O–H groups in total. The van der Waals surface area contributed by atoms with Gasteiger partial charge in [0.25, 0.3) is 0 Å². The number of aromatic nitrogens is 2. The van der Waals surface area contributed by atoms with Crippen LogP contribution in [0.5, 0.6) is 0 Å². The molecule has 0 spiro atoms. The van der Waals surface area contributed by atoms with Crippen molar-refractivity contribution in [1.29, 1.82) is 0 Å². The van der Waals surface area contributed by atoms with Crippen molar-refractivity contribution in [2.24, 2.45) is 0 Å². The third-order valence-electron chi connectivity index (χ3n) is 5.75. The lowest BCUT2D eigenvalue weighted by atomic mass is 10.0. The van der Waals surface area contributed by atoms with Crippen LogP contribution in [-0.2, 0) is 4.79 Å². The number of nitrogens with one attached hydrogen (secondary N) is 2. The van der Waals surface area contributed by atoms with Gasteiger partial charge in [0.05, 0.1) is 11.7 Å². The molecule has 5 rings (SSSR count). The van der Waals surface area contributed by atoms with Crippen molar-refractivity contribution in [3.05, 3.63) is 107 Å². The van der Waals surface area contributed by atoms with E-state index >= 15 is 0 Å². The molecule has 170 valence electrons. The number of hydrogen-bond acceptors (Lipinski definition) is 3. The first-order valence-electron chi connectivity index (χ1n) is 10.8. The lowest BCUT2D eigenvalue weighted by Crippen LogP contribution is -2.30. The fourth-order valence-corrected chi connectivity index (χ4v) is 4.92. The molecule has 0 bridgehead atoms. The van der Waals surface area contributed by atoms with Crippen LogP contribution < -0.4 is 15.5 Å². The van der Waals surface area contributed by atoms with Crippen LogP contribution in [0.3, 0.4) is 0 Å². The third kappa shape index (κ3) is 4.34. The van der Waals surface area contributed by atoms with Gasteiger partial charge in [0.1, 0.15) is 6.04 Å². The lowest BCUT2D eigenvalue weighted by molar-refractivity contribution is -0.114. The highest BCUT2D eigenvalue weighted by Gasteiger charge is 2.42. The Hall–Kier alpha value is -3.49. The Labute approximate surface area is 211 Å². The first kappa shape index (κ1) is 22.3. The second-order valence-corrected chi connectivity index (χ2v) is 9.31. The van der Waals surface area contributed by atoms with Gasteiger partial charge >= 0.3 is 0 Å². The number of thiocarbonyl (C=S) groups is 1. The molecule has 0 aliphatic carbocycles. The van der Waals surface area contributed by atoms with E-state index < -0.39 is 0 Å². The van der Waals surface area contributed by atoms with Crippen molar-refractivity contribution in [2.75, 3.05) is 10.2 Å². The minimum Gasteiger partial charge on any atom is -0.351 e. The Morgan fingerprint density at radius 1 is 1.00 bits per heavy atom. The zero-order valence-electron chi connectivity index (χ0n) is 18.4. The monoisotopic (exact) mass is 531 g/mol. The predicted molar refractivity (Wildman–Crippen MR) is 142 cm³/mol. The molecule has 2 aromatic carbocycles. The Morgan fingerprint density at radius 3 is 2.41 bits per heavy atom. The van der Waals surface area contributed by atoms with Crippen molar-refractivity contribution in [1.82, 2.24) is 14.9 Å². The molecule has 4 aromatic rings. The van der Waals surface area contributed by atoms with Gasteiger partial charge < -0.3 is 20.1 Å². The van der Waals surface area contributed by atoms with Crippen molar-refractivity contribution in [3.63, 3.8) is 0 Å². The van der Waals surface area contributed by atoms with E-state index in [1.165, 1.54) is 6.92 Å². The molecule has 1 aliphatic rings. The molecule has 2 atom stereocenters. The summed E-state index contributed by atoms with van der Waals surface area (Å²) in [6.07, 6.45) is 3.86. The summed E-state index contributed by atoms with van der Waals surface area (Å²) in [6.45, 7) is 1.50. The van der Waals surface area contributed by atoms with Gasteiger partial charge in [0.2, 0.25) is 5.91 Å². The summed E-state index contributed by atoms with van der Waals surface area (Å²) in [5, 5.41) is 6.94. The Morgan fingerprint density at radius 2 is 1.74 bits per heavy atom. The quantitative estimate of drug-likeness (QED) is 0.320. The van der Waals surface area contributed by atoms with E-state index in [0.29, 0.717) is 5.11 Å². The number of anilines is 2. The molecule has 1 fully saturated rings. The van der Waals surface area contributed by atoms with Crippen LogP contribution in [0.25, 0.3) is 5.69 Å². The van der Waals surface area contributed by atoms with Gasteiger partial charge in [-0.05, 0) is 85.0 Å². The van der Waals surface area contributed by atoms with Crippen LogP contribution in [0, 0.1) is 0 Å². The fourth-order valence-electron chi connectivity index (χ4n) is 4.31. The van der Waals surface area contributed by atoms with Crippen molar-refractivity contribution < 1.29 is 4.79 Å². The lowest BCUT2D eigenvalue weighted by Gasteiger charge is -2.29. The van der Waals surface area contributed by atoms with Crippen LogP contribution in [0.15, 0.2) is 95.7 Å². The SMILES string of the molecule is CC(=O)Nc1ccc(N2C(=S)NC(c3ccccn3)C2c2cccn2-c2ccc(Br)cc2)cc1. The summed E-state index contributed by atoms with van der Waals surface area (Å²) in [5.74, 6) is -0.105. The normalized spacial score (nSPS) is 17.5. The van der Waals surface area contributed by atoms with Crippen LogP contribution in [0.4, 0.5) is 11.4 Å². The van der Waals surface area contributed by atoms with Crippen LogP contribution >= 0.6 is 28.1 Å². The molecule has 1 saturated heterocycles. The molecular formula is C26H22BrN5OS. The van der Waals surface area contributed by atoms with Gasteiger partial charge in [0, 0.05) is 46.5 Å². The first-order chi connectivity index (χ1) is 16.5. The van der Waals surface area contributed by atoms with Crippen molar-refractivity contribution in [3.8, 4) is 5.69 Å². The van der Waals surface area contributed by atoms with Crippen LogP contribution in [0.1, 0.15) is 30.4 Å². The first-order valence-corrected chi connectivity index (χ1v) is 12.0. The summed E-state index contributed by atoms with van der Waals surface area (Å²) in [6, 6.07) is 25.7. The molecule has 0 radical (unpaired) electrons. The molecule has 1 aliphatic heterocycles. The van der Waals surface area contributed by atoms with E-state index in [9.17, 15) is 4.79 Å². The summed E-state index contributed by atoms with van der Waals surface area (Å²) in [7, 11) is 0. The number of amides is 1. The molecule has 2 aromatic heterocycles. The topological polar surface area (TPSA) is 62.2 Å². The number of benzene rings is 2. The maximum absolute atomic E-state index is 11.4. The van der Waals surface area contributed by atoms with E-state index in [0.717, 1.165) is 32.9 Å². The molecular weight excluding hydrogens is 510 g/mol. The van der Waals surface area contributed by atoms with Gasteiger partial charge in [-0.1, -0.05) is 22.0 Å². The molecule has 6 nitrogen and oxygen atoms in total. The van der Waals surface area contributed by atoms with Gasteiger partial charge in [-0.2, -0.15) is 0 Å². The molecule has 3 heterocycles. The fraction of sp³-hybridized carbons (Fsp3) is 0.115. The highest BCUT2D eigenvalue weighted by atomic mass is 79.9. The minimum absolute atomic E-state index is 0.105. The minimum atomic E-state index is -0.146. The maximum Gasteiger partial charge on any atom is 0.221 e. The van der Waals surface area contributed by atoms with Gasteiger partial charge in [-0.15, -0.1) is 0 Å². The smallest absolute Gasteiger partial charge is 0.221 e. The molecule has 8 heteroatoms. The third-order valence-corrected chi connectivity index (χ3v) is 6.60. The highest BCUT2D eigenvalue weighted by Crippen LogP contribution is 2.42. The Balaban J connectivity index is 1.61. The Kier molecular flexibility index (Phi) is 6.17. The molecule has 2 unspecified atom stereocenters. The summed E-state index contributed by atoms with van der Waals surface area (Å²) >= 11 is 9.36. The zero-order valence-corrected chi connectivity index (χ0v) is 20.8. The summed E-state index contributed by atoms with van der Waals surface area (Å²) in [5.41, 5.74) is 4.72. The molecule has 1 amide bonds. The average Bonchev–Trinajstić information content (AvgIpc) is 3.45. The van der Waals surface area contributed by atoms with Crippen LogP contribution in [-0.4, -0.2) is 20.6 Å². The van der Waals surface area contributed by atoms with E-state index in [1.54, 1.807) is 6.20 Å². The van der Waals surface area contributed by atoms with Gasteiger partial charge in [-0.3, -0.25) is 9.78 Å². The average molecular weight is 532 g/mol. The number of rotatable bonds is 5. The number of carbonyl (C=O) groups excluding carboxylic acids is 1. The second-order valence-electron chi connectivity index (χ2n) is 8.00. The second kappa shape index (κ2) is 9.40. The van der Waals surface area contributed by atoms with Crippen molar-refractivity contribution in [2.45, 2.75) is 19.0 Å². The highest BCUT2D eigenvalue weighted by molar-refractivity contribution is 9.10. The van der Waals surface area contributed by atoms with Gasteiger partial charge in [0.15, 0.2) is 5.11 Å². The molecule has 34 heavy (non-hydrogen) atoms. The van der Waals surface area contributed by atoms with E-state index in [2.05, 4.69) is 65.4 Å². The zero-order chi connectivity index (χ0) is 23.7. The number of carbonyl (C=O) groups is 1. The number of halogens is 1. The summed E-state index contributed by atoms with van der Waals surface area (Å²) in [4.78, 5) is 18.2. The molecule has 0 saturated carbocycles. The Bertz CT molecular complexity index is 1320. The standard InChI is InChI=1S/C26H22BrN5OS/c1-17(33)29-19-9-13-21(14-10-19)32-25(24(30-26(32)34)22-5-2-3-15-28-22)23-6-4-16-31(23)20-11-7-18(27)8-12-20/h2-16,24-25H,1H3,(H,29,33)(H,30,34). The largest absolute Gasteiger partial charge is 0.351 e. The van der Waals surface area contributed by atoms with E-state index in [1.807, 2.05) is 60.7 Å². The number of nitrogens with zero attached hydrogens (tertiary/aromatic N) is 3. The van der Waals surface area contributed by atoms with E-state index in [-0.39, 0.29) is 18.0 Å². The number of hydrogen-bond donors (Lipinski definition) is 2. The predicted octanol–water partition coefficient (Wildman–Crippen LogP) is 5.77. The number of pyridine rings is 1. The van der Waals surface area contributed by atoms with Crippen molar-refractivity contribution >= 4 is 50.5 Å². The van der Waals surface area contributed by atoms with Gasteiger partial charge in [-0.25, -0.2) is 0 Å². The van der Waals surface area contributed by atoms with Crippen LogP contribution in [0.2, 0.25) is 0 Å². The maximum atomic E-state index is 11.4. The van der Waals surface area contributed by atoms with E-state index in [4.69, 9.17) is 12.2 Å². The summed E-state index contributed by atoms with van der Waals surface area (Å²) < 4.78 is 3.21.